The molecule has 0 aliphatic carbocycles. The molecule has 0 fully saturated rings. The first-order chi connectivity index (χ1) is 4.57. The van der Waals surface area contributed by atoms with Crippen molar-refractivity contribution < 1.29 is 9.90 Å². The van der Waals surface area contributed by atoms with Crippen molar-refractivity contribution in [2.45, 2.75) is 32.7 Å². The van der Waals surface area contributed by atoms with Crippen molar-refractivity contribution in [1.29, 1.82) is 0 Å². The lowest BCUT2D eigenvalue weighted by Crippen LogP contribution is -2.28. The zero-order valence-electron chi connectivity index (χ0n) is 6.50. The highest BCUT2D eigenvalue weighted by atomic mass is 16.4. The zero-order valence-corrected chi connectivity index (χ0v) is 6.50. The SMILES string of the molecule is CCC(N)C(C)CC(=O)O. The Morgan fingerprint density at radius 2 is 2.20 bits per heavy atom. The molecule has 10 heavy (non-hydrogen) atoms. The molecule has 3 nitrogen and oxygen atoms in total. The standard InChI is InChI=1S/C7H15NO2/c1-3-6(8)5(2)4-7(9)10/h5-6H,3-4,8H2,1-2H3,(H,9,10). The maximum Gasteiger partial charge on any atom is 0.303 e. The van der Waals surface area contributed by atoms with Crippen LogP contribution in [0.25, 0.3) is 0 Å². The molecule has 0 saturated carbocycles. The maximum absolute atomic E-state index is 10.2. The minimum Gasteiger partial charge on any atom is -0.481 e. The summed E-state index contributed by atoms with van der Waals surface area (Å²) in [7, 11) is 0. The number of carbonyl (C=O) groups is 1. The highest BCUT2D eigenvalue weighted by Crippen LogP contribution is 2.08. The first kappa shape index (κ1) is 9.43. The van der Waals surface area contributed by atoms with Gasteiger partial charge in [-0.05, 0) is 12.3 Å². The van der Waals surface area contributed by atoms with Crippen LogP contribution in [0, 0.1) is 5.92 Å². The molecule has 0 aromatic rings. The lowest BCUT2D eigenvalue weighted by molar-refractivity contribution is -0.138. The Bertz CT molecular complexity index is 114. The first-order valence-electron chi connectivity index (χ1n) is 3.55. The predicted molar refractivity (Wildman–Crippen MR) is 39.7 cm³/mol. The van der Waals surface area contributed by atoms with E-state index in [0.29, 0.717) is 0 Å². The average molecular weight is 145 g/mol. The highest BCUT2D eigenvalue weighted by Gasteiger charge is 2.13. The van der Waals surface area contributed by atoms with E-state index in [4.69, 9.17) is 10.8 Å². The van der Waals surface area contributed by atoms with Gasteiger partial charge < -0.3 is 10.8 Å². The van der Waals surface area contributed by atoms with Gasteiger partial charge in [-0.2, -0.15) is 0 Å². The molecular formula is C7H15NO2. The number of carboxylic acid groups (broad SMARTS) is 1. The second kappa shape index (κ2) is 4.28. The molecule has 3 heteroatoms. The Hall–Kier alpha value is -0.570. The van der Waals surface area contributed by atoms with Gasteiger partial charge in [0.15, 0.2) is 0 Å². The summed E-state index contributed by atoms with van der Waals surface area (Å²) in [6.07, 6.45) is 1.02. The second-order valence-electron chi connectivity index (χ2n) is 2.65. The summed E-state index contributed by atoms with van der Waals surface area (Å²) in [5.41, 5.74) is 5.60. The number of hydrogen-bond donors (Lipinski definition) is 2. The van der Waals surface area contributed by atoms with Gasteiger partial charge in [-0.3, -0.25) is 4.79 Å². The predicted octanol–water partition coefficient (Wildman–Crippen LogP) is 0.834. The number of rotatable bonds is 4. The summed E-state index contributed by atoms with van der Waals surface area (Å²) in [5.74, 6) is -0.682. The van der Waals surface area contributed by atoms with Crippen LogP contribution >= 0.6 is 0 Å². The quantitative estimate of drug-likeness (QED) is 0.616. The van der Waals surface area contributed by atoms with Crippen molar-refractivity contribution in [3.05, 3.63) is 0 Å². The van der Waals surface area contributed by atoms with Gasteiger partial charge in [0.2, 0.25) is 0 Å². The van der Waals surface area contributed by atoms with Gasteiger partial charge in [0, 0.05) is 12.5 Å². The van der Waals surface area contributed by atoms with Crippen LogP contribution in [-0.4, -0.2) is 17.1 Å². The summed E-state index contributed by atoms with van der Waals surface area (Å²) >= 11 is 0. The van der Waals surface area contributed by atoms with Crippen molar-refractivity contribution in [3.63, 3.8) is 0 Å². The van der Waals surface area contributed by atoms with E-state index < -0.39 is 5.97 Å². The van der Waals surface area contributed by atoms with Crippen LogP contribution in [0.2, 0.25) is 0 Å². The summed E-state index contributed by atoms with van der Waals surface area (Å²) < 4.78 is 0. The molecule has 0 aromatic carbocycles. The molecule has 0 amide bonds. The summed E-state index contributed by atoms with van der Waals surface area (Å²) in [5, 5.41) is 8.37. The van der Waals surface area contributed by atoms with Crippen LogP contribution in [0.5, 0.6) is 0 Å². The number of aliphatic carboxylic acids is 1. The van der Waals surface area contributed by atoms with Crippen LogP contribution in [0.3, 0.4) is 0 Å². The average Bonchev–Trinajstić information content (AvgIpc) is 1.85. The van der Waals surface area contributed by atoms with Gasteiger partial charge in [-0.25, -0.2) is 0 Å². The van der Waals surface area contributed by atoms with Crippen molar-refractivity contribution in [2.24, 2.45) is 11.7 Å². The normalized spacial score (nSPS) is 16.3. The lowest BCUT2D eigenvalue weighted by atomic mass is 9.97. The molecule has 2 atom stereocenters. The third-order valence-corrected chi connectivity index (χ3v) is 1.70. The fraction of sp³-hybridized carbons (Fsp3) is 0.857. The van der Waals surface area contributed by atoms with Crippen molar-refractivity contribution in [2.75, 3.05) is 0 Å². The van der Waals surface area contributed by atoms with Crippen LogP contribution < -0.4 is 5.73 Å². The third kappa shape index (κ3) is 3.45. The maximum atomic E-state index is 10.2. The Kier molecular flexibility index (Phi) is 4.03. The molecule has 0 aliphatic rings. The second-order valence-corrected chi connectivity index (χ2v) is 2.65. The Labute approximate surface area is 61.2 Å². The van der Waals surface area contributed by atoms with Crippen molar-refractivity contribution in [3.8, 4) is 0 Å². The lowest BCUT2D eigenvalue weighted by Gasteiger charge is -2.15. The molecule has 0 spiro atoms. The van der Waals surface area contributed by atoms with E-state index in [9.17, 15) is 4.79 Å². The molecule has 0 bridgehead atoms. The van der Waals surface area contributed by atoms with E-state index in [1.54, 1.807) is 0 Å². The molecule has 0 aliphatic heterocycles. The topological polar surface area (TPSA) is 63.3 Å². The number of nitrogens with two attached hydrogens (primary N) is 1. The first-order valence-corrected chi connectivity index (χ1v) is 3.55. The molecule has 3 N–H and O–H groups in total. The van der Waals surface area contributed by atoms with E-state index in [1.807, 2.05) is 13.8 Å². The smallest absolute Gasteiger partial charge is 0.303 e. The van der Waals surface area contributed by atoms with Crippen molar-refractivity contribution in [1.82, 2.24) is 0 Å². The molecule has 0 rings (SSSR count). The van der Waals surface area contributed by atoms with Gasteiger partial charge >= 0.3 is 5.97 Å². The third-order valence-electron chi connectivity index (χ3n) is 1.70. The fourth-order valence-electron chi connectivity index (χ4n) is 0.829. The minimum atomic E-state index is -0.767. The fourth-order valence-corrected chi connectivity index (χ4v) is 0.829. The molecule has 0 saturated heterocycles. The Morgan fingerprint density at radius 1 is 1.70 bits per heavy atom. The van der Waals surface area contributed by atoms with Crippen LogP contribution in [-0.2, 0) is 4.79 Å². The van der Waals surface area contributed by atoms with E-state index >= 15 is 0 Å². The summed E-state index contributed by atoms with van der Waals surface area (Å²) in [6, 6.07) is 0.0242. The van der Waals surface area contributed by atoms with E-state index in [1.165, 1.54) is 0 Å². The largest absolute Gasteiger partial charge is 0.481 e. The molecule has 60 valence electrons. The van der Waals surface area contributed by atoms with E-state index in [-0.39, 0.29) is 18.4 Å². The van der Waals surface area contributed by atoms with Crippen LogP contribution in [0.15, 0.2) is 0 Å². The van der Waals surface area contributed by atoms with Gasteiger partial charge in [0.05, 0.1) is 0 Å². The Morgan fingerprint density at radius 3 is 2.50 bits per heavy atom. The molecule has 0 radical (unpaired) electrons. The van der Waals surface area contributed by atoms with Gasteiger partial charge in [-0.15, -0.1) is 0 Å². The highest BCUT2D eigenvalue weighted by molar-refractivity contribution is 5.67. The van der Waals surface area contributed by atoms with Gasteiger partial charge in [-0.1, -0.05) is 13.8 Å². The molecule has 0 heterocycles. The zero-order chi connectivity index (χ0) is 8.15. The van der Waals surface area contributed by atoms with E-state index in [2.05, 4.69) is 0 Å². The van der Waals surface area contributed by atoms with Crippen LogP contribution in [0.1, 0.15) is 26.7 Å². The molecular weight excluding hydrogens is 130 g/mol. The van der Waals surface area contributed by atoms with Gasteiger partial charge in [0.1, 0.15) is 0 Å². The molecule has 0 aromatic heterocycles. The monoisotopic (exact) mass is 145 g/mol. The van der Waals surface area contributed by atoms with Gasteiger partial charge in [0.25, 0.3) is 0 Å². The summed E-state index contributed by atoms with van der Waals surface area (Å²) in [4.78, 5) is 10.2. The van der Waals surface area contributed by atoms with Crippen LogP contribution in [0.4, 0.5) is 0 Å². The summed E-state index contributed by atoms with van der Waals surface area (Å²) in [6.45, 7) is 3.82. The number of carboxylic acids is 1. The number of hydrogen-bond acceptors (Lipinski definition) is 2. The van der Waals surface area contributed by atoms with Crippen molar-refractivity contribution >= 4 is 5.97 Å². The molecule has 2 unspecified atom stereocenters. The Balaban J connectivity index is 3.61. The van der Waals surface area contributed by atoms with E-state index in [0.717, 1.165) is 6.42 Å². The minimum absolute atomic E-state index is 0.0242.